The number of halogens is 1. The SMILES string of the molecule is N#CC(=Cc1ccc(OCC(=O)N2CCOCC2)c(Br)c1)C(=O)N1CCOCC1. The van der Waals surface area contributed by atoms with Crippen molar-refractivity contribution in [1.82, 2.24) is 9.80 Å². The molecule has 1 aromatic rings. The molecule has 2 saturated heterocycles. The third-order valence-electron chi connectivity index (χ3n) is 4.63. The summed E-state index contributed by atoms with van der Waals surface area (Å²) in [5, 5.41) is 9.40. The predicted molar refractivity (Wildman–Crippen MR) is 108 cm³/mol. The first-order valence-electron chi connectivity index (χ1n) is 9.35. The molecule has 0 atom stereocenters. The summed E-state index contributed by atoms with van der Waals surface area (Å²) in [7, 11) is 0. The molecule has 2 amide bonds. The highest BCUT2D eigenvalue weighted by Gasteiger charge is 2.21. The average molecular weight is 464 g/mol. The van der Waals surface area contributed by atoms with Crippen molar-refractivity contribution in [2.75, 3.05) is 59.2 Å². The maximum absolute atomic E-state index is 12.5. The number of nitriles is 1. The fraction of sp³-hybridized carbons (Fsp3) is 0.450. The average Bonchev–Trinajstić information content (AvgIpc) is 2.77. The van der Waals surface area contributed by atoms with Crippen LogP contribution in [0.3, 0.4) is 0 Å². The van der Waals surface area contributed by atoms with Crippen LogP contribution in [0.5, 0.6) is 5.75 Å². The number of carbonyl (C=O) groups excluding carboxylic acids is 2. The molecule has 0 radical (unpaired) electrons. The van der Waals surface area contributed by atoms with Crippen molar-refractivity contribution >= 4 is 33.8 Å². The molecular weight excluding hydrogens is 442 g/mol. The Balaban J connectivity index is 1.63. The summed E-state index contributed by atoms with van der Waals surface area (Å²) in [5.74, 6) is 0.122. The Morgan fingerprint density at radius 2 is 1.72 bits per heavy atom. The van der Waals surface area contributed by atoms with E-state index >= 15 is 0 Å². The van der Waals surface area contributed by atoms with Crippen molar-refractivity contribution in [2.45, 2.75) is 0 Å². The van der Waals surface area contributed by atoms with E-state index < -0.39 is 0 Å². The maximum atomic E-state index is 12.5. The van der Waals surface area contributed by atoms with Gasteiger partial charge in [0.15, 0.2) is 6.61 Å². The van der Waals surface area contributed by atoms with Gasteiger partial charge in [0.25, 0.3) is 11.8 Å². The Morgan fingerprint density at radius 1 is 1.10 bits per heavy atom. The second-order valence-corrected chi connectivity index (χ2v) is 7.40. The van der Waals surface area contributed by atoms with Gasteiger partial charge in [0.05, 0.1) is 30.9 Å². The van der Waals surface area contributed by atoms with Gasteiger partial charge in [0.1, 0.15) is 17.4 Å². The minimum atomic E-state index is -0.302. The van der Waals surface area contributed by atoms with E-state index in [9.17, 15) is 14.9 Å². The molecule has 0 saturated carbocycles. The Morgan fingerprint density at radius 3 is 2.31 bits per heavy atom. The first-order valence-corrected chi connectivity index (χ1v) is 10.1. The van der Waals surface area contributed by atoms with E-state index in [0.29, 0.717) is 68.4 Å². The van der Waals surface area contributed by atoms with Gasteiger partial charge in [-0.2, -0.15) is 5.26 Å². The fourth-order valence-electron chi connectivity index (χ4n) is 3.01. The van der Waals surface area contributed by atoms with Crippen molar-refractivity contribution < 1.29 is 23.8 Å². The first kappa shape index (κ1) is 21.3. The first-order chi connectivity index (χ1) is 14.1. The third-order valence-corrected chi connectivity index (χ3v) is 5.25. The molecule has 29 heavy (non-hydrogen) atoms. The Hall–Kier alpha value is -2.41. The summed E-state index contributed by atoms with van der Waals surface area (Å²) in [6.07, 6.45) is 1.55. The van der Waals surface area contributed by atoms with E-state index in [2.05, 4.69) is 15.9 Å². The molecule has 3 rings (SSSR count). The molecule has 0 N–H and O–H groups in total. The smallest absolute Gasteiger partial charge is 0.264 e. The molecule has 2 aliphatic heterocycles. The highest BCUT2D eigenvalue weighted by molar-refractivity contribution is 9.10. The van der Waals surface area contributed by atoms with Gasteiger partial charge < -0.3 is 24.0 Å². The van der Waals surface area contributed by atoms with Crippen LogP contribution in [0.2, 0.25) is 0 Å². The van der Waals surface area contributed by atoms with Crippen LogP contribution in [0.1, 0.15) is 5.56 Å². The number of hydrogen-bond acceptors (Lipinski definition) is 6. The number of carbonyl (C=O) groups is 2. The second kappa shape index (κ2) is 10.4. The maximum Gasteiger partial charge on any atom is 0.264 e. The summed E-state index contributed by atoms with van der Waals surface area (Å²) < 4.78 is 16.7. The van der Waals surface area contributed by atoms with Gasteiger partial charge in [-0.15, -0.1) is 0 Å². The van der Waals surface area contributed by atoms with Gasteiger partial charge in [-0.1, -0.05) is 6.07 Å². The quantitative estimate of drug-likeness (QED) is 0.484. The number of hydrogen-bond donors (Lipinski definition) is 0. The Labute approximate surface area is 177 Å². The van der Waals surface area contributed by atoms with Gasteiger partial charge in [0, 0.05) is 26.2 Å². The molecule has 1 aromatic carbocycles. The lowest BCUT2D eigenvalue weighted by atomic mass is 10.1. The normalized spacial score (nSPS) is 17.6. The van der Waals surface area contributed by atoms with E-state index in [4.69, 9.17) is 14.2 Å². The van der Waals surface area contributed by atoms with Crippen LogP contribution in [0, 0.1) is 11.3 Å². The van der Waals surface area contributed by atoms with Gasteiger partial charge >= 0.3 is 0 Å². The van der Waals surface area contributed by atoms with Crippen LogP contribution in [-0.4, -0.2) is 80.8 Å². The number of rotatable bonds is 5. The number of benzene rings is 1. The van der Waals surface area contributed by atoms with Crippen LogP contribution in [0.25, 0.3) is 6.08 Å². The molecule has 8 nitrogen and oxygen atoms in total. The molecule has 154 valence electrons. The number of ether oxygens (including phenoxy) is 3. The van der Waals surface area contributed by atoms with Gasteiger partial charge in [0.2, 0.25) is 0 Å². The van der Waals surface area contributed by atoms with Gasteiger partial charge in [-0.05, 0) is 39.7 Å². The largest absolute Gasteiger partial charge is 0.483 e. The minimum Gasteiger partial charge on any atom is -0.483 e. The zero-order valence-corrected chi connectivity index (χ0v) is 17.5. The van der Waals surface area contributed by atoms with E-state index in [1.165, 1.54) is 0 Å². The number of morpholine rings is 2. The lowest BCUT2D eigenvalue weighted by molar-refractivity contribution is -0.137. The molecule has 9 heteroatoms. The van der Waals surface area contributed by atoms with Gasteiger partial charge in [-0.25, -0.2) is 0 Å². The highest BCUT2D eigenvalue weighted by atomic mass is 79.9. The lowest BCUT2D eigenvalue weighted by Gasteiger charge is -2.26. The standard InChI is InChI=1S/C20H22BrN3O5/c21-17-12-15(11-16(13-22)20(26)24-5-9-28-10-6-24)1-2-18(17)29-14-19(25)23-3-7-27-8-4-23/h1-2,11-12H,3-10,14H2. The van der Waals surface area contributed by atoms with E-state index in [1.807, 2.05) is 6.07 Å². The molecule has 0 bridgehead atoms. The summed E-state index contributed by atoms with van der Waals surface area (Å²) in [4.78, 5) is 28.0. The van der Waals surface area contributed by atoms with Crippen LogP contribution in [0.4, 0.5) is 0 Å². The predicted octanol–water partition coefficient (Wildman–Crippen LogP) is 1.45. The molecule has 0 aromatic heterocycles. The van der Waals surface area contributed by atoms with Gasteiger partial charge in [-0.3, -0.25) is 9.59 Å². The number of nitrogens with zero attached hydrogens (tertiary/aromatic N) is 3. The highest BCUT2D eigenvalue weighted by Crippen LogP contribution is 2.27. The number of amides is 2. The van der Waals surface area contributed by atoms with Crippen molar-refractivity contribution in [3.8, 4) is 11.8 Å². The monoisotopic (exact) mass is 463 g/mol. The molecule has 2 heterocycles. The summed E-state index contributed by atoms with van der Waals surface area (Å²) in [6, 6.07) is 7.17. The Kier molecular flexibility index (Phi) is 7.63. The molecule has 0 spiro atoms. The topological polar surface area (TPSA) is 92.1 Å². The van der Waals surface area contributed by atoms with Crippen LogP contribution < -0.4 is 4.74 Å². The van der Waals surface area contributed by atoms with E-state index in [1.54, 1.807) is 34.1 Å². The molecular formula is C20H22BrN3O5. The van der Waals surface area contributed by atoms with Crippen LogP contribution in [-0.2, 0) is 19.1 Å². The summed E-state index contributed by atoms with van der Waals surface area (Å²) in [6.45, 7) is 4.07. The van der Waals surface area contributed by atoms with E-state index in [0.717, 1.165) is 0 Å². The van der Waals surface area contributed by atoms with E-state index in [-0.39, 0.29) is 24.0 Å². The third kappa shape index (κ3) is 5.79. The molecule has 2 aliphatic rings. The van der Waals surface area contributed by atoms with Crippen molar-refractivity contribution in [3.05, 3.63) is 33.8 Å². The molecule has 0 unspecified atom stereocenters. The Bertz CT molecular complexity index is 824. The summed E-state index contributed by atoms with van der Waals surface area (Å²) in [5.41, 5.74) is 0.747. The van der Waals surface area contributed by atoms with Crippen LogP contribution in [0.15, 0.2) is 28.2 Å². The van der Waals surface area contributed by atoms with Crippen molar-refractivity contribution in [3.63, 3.8) is 0 Å². The van der Waals surface area contributed by atoms with Crippen LogP contribution >= 0.6 is 15.9 Å². The molecule has 0 aliphatic carbocycles. The zero-order chi connectivity index (χ0) is 20.6. The molecule has 2 fully saturated rings. The van der Waals surface area contributed by atoms with Crippen molar-refractivity contribution in [2.24, 2.45) is 0 Å². The zero-order valence-electron chi connectivity index (χ0n) is 15.9. The fourth-order valence-corrected chi connectivity index (χ4v) is 3.52. The second-order valence-electron chi connectivity index (χ2n) is 6.55. The summed E-state index contributed by atoms with van der Waals surface area (Å²) >= 11 is 3.42. The minimum absolute atomic E-state index is 0.0627. The van der Waals surface area contributed by atoms with Crippen molar-refractivity contribution in [1.29, 1.82) is 5.26 Å². The lowest BCUT2D eigenvalue weighted by Crippen LogP contribution is -2.43.